The number of halogens is 1. The number of hydrogen-bond acceptors (Lipinski definition) is 3. The summed E-state index contributed by atoms with van der Waals surface area (Å²) in [5, 5.41) is 0. The first-order valence-corrected chi connectivity index (χ1v) is 9.05. The van der Waals surface area contributed by atoms with Gasteiger partial charge in [-0.05, 0) is 61.7 Å². The van der Waals surface area contributed by atoms with E-state index in [0.29, 0.717) is 11.6 Å². The molecule has 26 heavy (non-hydrogen) atoms. The van der Waals surface area contributed by atoms with Crippen molar-refractivity contribution >= 4 is 17.5 Å². The van der Waals surface area contributed by atoms with Crippen LogP contribution in [0.15, 0.2) is 54.6 Å². The summed E-state index contributed by atoms with van der Waals surface area (Å²) in [5.41, 5.74) is 1.79. The lowest BCUT2D eigenvalue weighted by Gasteiger charge is -2.35. The molecule has 2 aliphatic rings. The van der Waals surface area contributed by atoms with Gasteiger partial charge in [0.1, 0.15) is 5.82 Å². The molecule has 2 fully saturated rings. The van der Waals surface area contributed by atoms with Crippen molar-refractivity contribution in [2.24, 2.45) is 0 Å². The average Bonchev–Trinajstić information content (AvgIpc) is 2.98. The molecule has 2 saturated heterocycles. The van der Waals surface area contributed by atoms with Gasteiger partial charge >= 0.3 is 0 Å². The quantitative estimate of drug-likeness (QED) is 0.796. The number of likely N-dealkylation sites (tertiary alicyclic amines) is 1. The summed E-state index contributed by atoms with van der Waals surface area (Å²) in [6, 6.07) is 15.5. The normalized spacial score (nSPS) is 22.2. The molecule has 0 aromatic heterocycles. The van der Waals surface area contributed by atoms with Crippen LogP contribution in [-0.2, 0) is 9.59 Å². The van der Waals surface area contributed by atoms with E-state index in [1.807, 2.05) is 6.07 Å². The third kappa shape index (κ3) is 3.15. The van der Waals surface area contributed by atoms with E-state index in [0.717, 1.165) is 25.9 Å². The Kier molecular flexibility index (Phi) is 4.55. The third-order valence-corrected chi connectivity index (χ3v) is 5.45. The van der Waals surface area contributed by atoms with Gasteiger partial charge in [-0.2, -0.15) is 0 Å². The van der Waals surface area contributed by atoms with Gasteiger partial charge in [0.25, 0.3) is 5.91 Å². The van der Waals surface area contributed by atoms with Crippen molar-refractivity contribution in [2.45, 2.75) is 31.2 Å². The summed E-state index contributed by atoms with van der Waals surface area (Å²) in [5.74, 6) is -0.281. The predicted molar refractivity (Wildman–Crippen MR) is 97.3 cm³/mol. The van der Waals surface area contributed by atoms with Gasteiger partial charge in [0.2, 0.25) is 5.91 Å². The van der Waals surface area contributed by atoms with Gasteiger partial charge in [-0.25, -0.2) is 9.29 Å². The first-order chi connectivity index (χ1) is 12.6. The second-order valence-corrected chi connectivity index (χ2v) is 6.98. The van der Waals surface area contributed by atoms with Crippen LogP contribution >= 0.6 is 0 Å². The minimum atomic E-state index is -0.399. The molecule has 1 unspecified atom stereocenters. The van der Waals surface area contributed by atoms with Crippen LogP contribution in [0.2, 0.25) is 0 Å². The van der Waals surface area contributed by atoms with Crippen molar-refractivity contribution in [2.75, 3.05) is 18.0 Å². The lowest BCUT2D eigenvalue weighted by molar-refractivity contribution is -0.123. The number of carbonyl (C=O) groups is 2. The van der Waals surface area contributed by atoms with Crippen LogP contribution in [0.25, 0.3) is 0 Å². The molecule has 0 saturated carbocycles. The van der Waals surface area contributed by atoms with Gasteiger partial charge < -0.3 is 0 Å². The van der Waals surface area contributed by atoms with E-state index >= 15 is 0 Å². The van der Waals surface area contributed by atoms with Crippen LogP contribution in [0.1, 0.15) is 30.7 Å². The fourth-order valence-corrected chi connectivity index (χ4v) is 4.03. The molecule has 2 heterocycles. The lowest BCUT2D eigenvalue weighted by Crippen LogP contribution is -2.45. The standard InChI is InChI=1S/C21H21FN2O2/c22-17-6-8-18(9-7-17)24-20(25)14-19(21(24)26)23-12-10-16(11-13-23)15-4-2-1-3-5-15/h1-9,16,19H,10-14H2. The van der Waals surface area contributed by atoms with Crippen molar-refractivity contribution in [1.29, 1.82) is 0 Å². The molecular weight excluding hydrogens is 331 g/mol. The third-order valence-electron chi connectivity index (χ3n) is 5.45. The Morgan fingerprint density at radius 3 is 2.19 bits per heavy atom. The van der Waals surface area contributed by atoms with E-state index in [1.54, 1.807) is 0 Å². The summed E-state index contributed by atoms with van der Waals surface area (Å²) >= 11 is 0. The number of imide groups is 1. The van der Waals surface area contributed by atoms with Crippen LogP contribution in [0.5, 0.6) is 0 Å². The van der Waals surface area contributed by atoms with E-state index in [4.69, 9.17) is 0 Å². The zero-order valence-electron chi connectivity index (χ0n) is 14.5. The maximum Gasteiger partial charge on any atom is 0.251 e. The van der Waals surface area contributed by atoms with Crippen LogP contribution in [-0.4, -0.2) is 35.8 Å². The van der Waals surface area contributed by atoms with Crippen molar-refractivity contribution in [3.63, 3.8) is 0 Å². The molecular formula is C21H21FN2O2. The summed E-state index contributed by atoms with van der Waals surface area (Å²) < 4.78 is 13.1. The van der Waals surface area contributed by atoms with E-state index in [1.165, 1.54) is 34.7 Å². The van der Waals surface area contributed by atoms with Crippen LogP contribution in [0.3, 0.4) is 0 Å². The smallest absolute Gasteiger partial charge is 0.251 e. The number of amides is 2. The lowest BCUT2D eigenvalue weighted by atomic mass is 9.89. The van der Waals surface area contributed by atoms with Gasteiger partial charge in [-0.3, -0.25) is 14.5 Å². The average molecular weight is 352 g/mol. The first kappa shape index (κ1) is 16.9. The second-order valence-electron chi connectivity index (χ2n) is 6.98. The van der Waals surface area contributed by atoms with Crippen LogP contribution < -0.4 is 4.90 Å². The van der Waals surface area contributed by atoms with Crippen LogP contribution in [0.4, 0.5) is 10.1 Å². The first-order valence-electron chi connectivity index (χ1n) is 9.05. The minimum Gasteiger partial charge on any atom is -0.291 e. The Bertz CT molecular complexity index is 799. The molecule has 0 radical (unpaired) electrons. The van der Waals surface area contributed by atoms with E-state index in [9.17, 15) is 14.0 Å². The van der Waals surface area contributed by atoms with Gasteiger partial charge in [0, 0.05) is 0 Å². The highest BCUT2D eigenvalue weighted by molar-refractivity contribution is 6.22. The molecule has 4 rings (SSSR count). The van der Waals surface area contributed by atoms with Crippen molar-refractivity contribution in [3.05, 3.63) is 66.0 Å². The Morgan fingerprint density at radius 1 is 0.885 bits per heavy atom. The molecule has 0 N–H and O–H groups in total. The Morgan fingerprint density at radius 2 is 1.54 bits per heavy atom. The number of benzene rings is 2. The van der Waals surface area contributed by atoms with Gasteiger partial charge in [0.05, 0.1) is 18.2 Å². The van der Waals surface area contributed by atoms with E-state index in [-0.39, 0.29) is 24.1 Å². The maximum absolute atomic E-state index is 13.1. The summed E-state index contributed by atoms with van der Waals surface area (Å²) in [7, 11) is 0. The highest BCUT2D eigenvalue weighted by atomic mass is 19.1. The topological polar surface area (TPSA) is 40.6 Å². The number of nitrogens with zero attached hydrogens (tertiary/aromatic N) is 2. The molecule has 0 spiro atoms. The molecule has 4 nitrogen and oxygen atoms in total. The SMILES string of the molecule is O=C1CC(N2CCC(c3ccccc3)CC2)C(=O)N1c1ccc(F)cc1. The number of carbonyl (C=O) groups excluding carboxylic acids is 2. The fraction of sp³-hybridized carbons (Fsp3) is 0.333. The summed E-state index contributed by atoms with van der Waals surface area (Å²) in [6.45, 7) is 1.61. The molecule has 134 valence electrons. The van der Waals surface area contributed by atoms with Gasteiger partial charge in [-0.1, -0.05) is 30.3 Å². The molecule has 2 aliphatic heterocycles. The number of piperidine rings is 1. The van der Waals surface area contributed by atoms with Gasteiger partial charge in [0.15, 0.2) is 0 Å². The molecule has 2 aromatic rings. The Labute approximate surface area is 152 Å². The molecule has 2 amide bonds. The highest BCUT2D eigenvalue weighted by Crippen LogP contribution is 2.32. The predicted octanol–water partition coefficient (Wildman–Crippen LogP) is 3.34. The zero-order valence-corrected chi connectivity index (χ0v) is 14.5. The van der Waals surface area contributed by atoms with Crippen molar-refractivity contribution in [3.8, 4) is 0 Å². The minimum absolute atomic E-state index is 0.195. The van der Waals surface area contributed by atoms with Gasteiger partial charge in [-0.15, -0.1) is 0 Å². The monoisotopic (exact) mass is 352 g/mol. The fourth-order valence-electron chi connectivity index (χ4n) is 4.03. The van der Waals surface area contributed by atoms with Crippen molar-refractivity contribution in [1.82, 2.24) is 4.90 Å². The van der Waals surface area contributed by atoms with Crippen molar-refractivity contribution < 1.29 is 14.0 Å². The Balaban J connectivity index is 1.44. The summed E-state index contributed by atoms with van der Waals surface area (Å²) in [4.78, 5) is 28.5. The number of rotatable bonds is 3. The number of hydrogen-bond donors (Lipinski definition) is 0. The molecule has 1 atom stereocenters. The Hall–Kier alpha value is -2.53. The zero-order chi connectivity index (χ0) is 18.1. The molecule has 5 heteroatoms. The van der Waals surface area contributed by atoms with E-state index in [2.05, 4.69) is 29.2 Å². The van der Waals surface area contributed by atoms with Crippen LogP contribution in [0, 0.1) is 5.82 Å². The largest absolute Gasteiger partial charge is 0.291 e. The van der Waals surface area contributed by atoms with E-state index < -0.39 is 6.04 Å². The molecule has 0 aliphatic carbocycles. The second kappa shape index (κ2) is 7.00. The molecule has 2 aromatic carbocycles. The number of anilines is 1. The summed E-state index contributed by atoms with van der Waals surface area (Å²) in [6.07, 6.45) is 2.17. The maximum atomic E-state index is 13.1. The molecule has 0 bridgehead atoms. The highest BCUT2D eigenvalue weighted by Gasteiger charge is 2.43.